The monoisotopic (exact) mass is 403 g/mol. The van der Waals surface area contributed by atoms with E-state index in [4.69, 9.17) is 9.88 Å². The number of fused-ring (bicyclic) bond motifs is 1. The van der Waals surface area contributed by atoms with E-state index in [1.54, 1.807) is 6.07 Å². The number of anilines is 1. The van der Waals surface area contributed by atoms with Gasteiger partial charge in [0.15, 0.2) is 5.03 Å². The van der Waals surface area contributed by atoms with Gasteiger partial charge in [-0.3, -0.25) is 14.2 Å². The average Bonchev–Trinajstić information content (AvgIpc) is 2.67. The van der Waals surface area contributed by atoms with E-state index in [1.807, 2.05) is 0 Å². The fraction of sp³-hybridized carbons (Fsp3) is 0.176. The molecule has 0 aliphatic heterocycles. The quantitative estimate of drug-likeness (QED) is 0.603. The Morgan fingerprint density at radius 2 is 2.04 bits per heavy atom. The molecule has 1 aromatic carbocycles. The van der Waals surface area contributed by atoms with Crippen LogP contribution in [0.3, 0.4) is 0 Å². The van der Waals surface area contributed by atoms with Gasteiger partial charge in [0.25, 0.3) is 21.5 Å². The maximum Gasteiger partial charge on any atom is 0.261 e. The lowest BCUT2D eigenvalue weighted by atomic mass is 10.1. The number of hydrogen-bond acceptors (Lipinski definition) is 7. The van der Waals surface area contributed by atoms with Crippen LogP contribution in [0.4, 0.5) is 5.69 Å². The molecular formula is C17H17N5O5S. The summed E-state index contributed by atoms with van der Waals surface area (Å²) in [6.07, 6.45) is 2.61. The number of benzene rings is 1. The van der Waals surface area contributed by atoms with Gasteiger partial charge >= 0.3 is 0 Å². The number of hydrogen-bond donors (Lipinski definition) is 2. The smallest absolute Gasteiger partial charge is 0.261 e. The standard InChI is InChI=1S/C17H17N5O5S/c1-27-7-6-22-10-20-14-4-2-11(8-13(14)17(22)24)16(23)21-12-3-5-15(19-9-12)28(18,25)26/h2-5,8-10H,6-7H2,1H3,(H,21,23)(H2,18,25,26). The van der Waals surface area contributed by atoms with Crippen LogP contribution in [0.2, 0.25) is 0 Å². The fourth-order valence-corrected chi connectivity index (χ4v) is 2.93. The minimum absolute atomic E-state index is 0.242. The molecule has 0 radical (unpaired) electrons. The summed E-state index contributed by atoms with van der Waals surface area (Å²) in [6.45, 7) is 0.700. The number of nitrogens with zero attached hydrogens (tertiary/aromatic N) is 3. The van der Waals surface area contributed by atoms with Crippen LogP contribution < -0.4 is 16.0 Å². The van der Waals surface area contributed by atoms with Gasteiger partial charge in [-0.25, -0.2) is 23.5 Å². The van der Waals surface area contributed by atoms with E-state index in [0.717, 1.165) is 0 Å². The van der Waals surface area contributed by atoms with E-state index < -0.39 is 15.9 Å². The van der Waals surface area contributed by atoms with E-state index in [2.05, 4.69) is 15.3 Å². The molecule has 0 unspecified atom stereocenters. The SMILES string of the molecule is COCCn1cnc2ccc(C(=O)Nc3ccc(S(N)(=O)=O)nc3)cc2c1=O. The summed E-state index contributed by atoms with van der Waals surface area (Å²) in [5.74, 6) is -0.487. The number of methoxy groups -OCH3 is 1. The Morgan fingerprint density at radius 1 is 1.25 bits per heavy atom. The number of carbonyl (C=O) groups excluding carboxylic acids is 1. The average molecular weight is 403 g/mol. The predicted molar refractivity (Wildman–Crippen MR) is 101 cm³/mol. The van der Waals surface area contributed by atoms with E-state index in [9.17, 15) is 18.0 Å². The second kappa shape index (κ2) is 7.84. The zero-order valence-electron chi connectivity index (χ0n) is 14.8. The van der Waals surface area contributed by atoms with E-state index >= 15 is 0 Å². The number of nitrogens with two attached hydrogens (primary N) is 1. The molecule has 0 atom stereocenters. The second-order valence-corrected chi connectivity index (χ2v) is 7.36. The van der Waals surface area contributed by atoms with Crippen LogP contribution in [0.15, 0.2) is 52.7 Å². The molecule has 0 spiro atoms. The molecule has 3 aromatic rings. The number of pyridine rings is 1. The molecule has 2 heterocycles. The zero-order valence-corrected chi connectivity index (χ0v) is 15.6. The Morgan fingerprint density at radius 3 is 2.68 bits per heavy atom. The first kappa shape index (κ1) is 19.6. The third-order valence-electron chi connectivity index (χ3n) is 3.91. The molecule has 0 aliphatic carbocycles. The van der Waals surface area contributed by atoms with Crippen LogP contribution in [0, 0.1) is 0 Å². The molecule has 28 heavy (non-hydrogen) atoms. The van der Waals surface area contributed by atoms with Crippen LogP contribution in [0.25, 0.3) is 10.9 Å². The summed E-state index contributed by atoms with van der Waals surface area (Å²) in [5.41, 5.74) is 0.706. The number of nitrogens with one attached hydrogen (secondary N) is 1. The molecule has 10 nitrogen and oxygen atoms in total. The first-order chi connectivity index (χ1) is 13.3. The van der Waals surface area contributed by atoms with E-state index in [0.29, 0.717) is 24.1 Å². The minimum Gasteiger partial charge on any atom is -0.383 e. The lowest BCUT2D eigenvalue weighted by Gasteiger charge is -2.08. The number of sulfonamides is 1. The lowest BCUT2D eigenvalue weighted by Crippen LogP contribution is -2.23. The van der Waals surface area contributed by atoms with Crippen molar-refractivity contribution in [1.82, 2.24) is 14.5 Å². The van der Waals surface area contributed by atoms with Crippen molar-refractivity contribution in [2.75, 3.05) is 19.0 Å². The molecule has 0 fully saturated rings. The van der Waals surface area contributed by atoms with Crippen molar-refractivity contribution in [3.05, 3.63) is 58.8 Å². The largest absolute Gasteiger partial charge is 0.383 e. The van der Waals surface area contributed by atoms with Crippen LogP contribution in [-0.2, 0) is 21.3 Å². The maximum atomic E-state index is 12.6. The maximum absolute atomic E-state index is 12.6. The molecule has 11 heteroatoms. The van der Waals surface area contributed by atoms with Crippen LogP contribution in [0.5, 0.6) is 0 Å². The Bertz CT molecular complexity index is 1190. The van der Waals surface area contributed by atoms with E-state index in [-0.39, 0.29) is 21.8 Å². The number of ether oxygens (including phenoxy) is 1. The second-order valence-electron chi connectivity index (χ2n) is 5.85. The van der Waals surface area contributed by atoms with E-state index in [1.165, 1.54) is 48.5 Å². The molecule has 0 saturated heterocycles. The van der Waals surface area contributed by atoms with Crippen molar-refractivity contribution < 1.29 is 17.9 Å². The number of primary sulfonamides is 1. The molecule has 3 rings (SSSR count). The molecule has 0 bridgehead atoms. The summed E-state index contributed by atoms with van der Waals surface area (Å²) in [4.78, 5) is 32.9. The normalized spacial score (nSPS) is 11.5. The number of rotatable bonds is 6. The third-order valence-corrected chi connectivity index (χ3v) is 4.73. The van der Waals surface area contributed by atoms with Gasteiger partial charge in [-0.05, 0) is 30.3 Å². The fourth-order valence-electron chi connectivity index (χ4n) is 2.47. The van der Waals surface area contributed by atoms with Gasteiger partial charge in [0.05, 0.1) is 42.3 Å². The van der Waals surface area contributed by atoms with Gasteiger partial charge < -0.3 is 10.1 Å². The van der Waals surface area contributed by atoms with Crippen molar-refractivity contribution in [3.63, 3.8) is 0 Å². The highest BCUT2D eigenvalue weighted by molar-refractivity contribution is 7.89. The van der Waals surface area contributed by atoms with Crippen LogP contribution in [-0.4, -0.2) is 42.6 Å². The summed E-state index contributed by atoms with van der Waals surface area (Å²) < 4.78 is 28.8. The predicted octanol–water partition coefficient (Wildman–Crippen LogP) is 0.338. The highest BCUT2D eigenvalue weighted by atomic mass is 32.2. The Hall–Kier alpha value is -3.15. The van der Waals surface area contributed by atoms with Gasteiger partial charge in [-0.15, -0.1) is 0 Å². The lowest BCUT2D eigenvalue weighted by molar-refractivity contribution is 0.102. The first-order valence-corrected chi connectivity index (χ1v) is 9.62. The van der Waals surface area contributed by atoms with Crippen molar-refractivity contribution in [1.29, 1.82) is 0 Å². The molecule has 2 aromatic heterocycles. The Labute approximate surface area is 160 Å². The highest BCUT2D eigenvalue weighted by Crippen LogP contribution is 2.14. The zero-order chi connectivity index (χ0) is 20.3. The van der Waals surface area contributed by atoms with Crippen LogP contribution in [0.1, 0.15) is 10.4 Å². The summed E-state index contributed by atoms with van der Waals surface area (Å²) in [5, 5.41) is 7.56. The molecule has 146 valence electrons. The highest BCUT2D eigenvalue weighted by Gasteiger charge is 2.12. The van der Waals surface area contributed by atoms with Gasteiger partial charge in [0.2, 0.25) is 0 Å². The summed E-state index contributed by atoms with van der Waals surface area (Å²) in [7, 11) is -2.38. The molecular weight excluding hydrogens is 386 g/mol. The summed E-state index contributed by atoms with van der Waals surface area (Å²) >= 11 is 0. The van der Waals surface area contributed by atoms with Crippen molar-refractivity contribution in [2.24, 2.45) is 5.14 Å². The molecule has 0 aliphatic rings. The first-order valence-electron chi connectivity index (χ1n) is 8.08. The van der Waals surface area contributed by atoms with Gasteiger partial charge in [0.1, 0.15) is 0 Å². The van der Waals surface area contributed by atoms with Crippen molar-refractivity contribution >= 4 is 32.5 Å². The third kappa shape index (κ3) is 4.22. The van der Waals surface area contributed by atoms with Gasteiger partial charge in [-0.1, -0.05) is 0 Å². The van der Waals surface area contributed by atoms with Gasteiger partial charge in [-0.2, -0.15) is 0 Å². The number of aromatic nitrogens is 3. The van der Waals surface area contributed by atoms with Crippen LogP contribution >= 0.6 is 0 Å². The molecule has 3 N–H and O–H groups in total. The number of amides is 1. The Kier molecular flexibility index (Phi) is 5.49. The van der Waals surface area contributed by atoms with Gasteiger partial charge in [0, 0.05) is 12.7 Å². The topological polar surface area (TPSA) is 146 Å². The Balaban J connectivity index is 1.87. The van der Waals surface area contributed by atoms with Crippen molar-refractivity contribution in [3.8, 4) is 0 Å². The molecule has 1 amide bonds. The number of carbonyl (C=O) groups is 1. The van der Waals surface area contributed by atoms with Crippen molar-refractivity contribution in [2.45, 2.75) is 11.6 Å². The molecule has 0 saturated carbocycles. The summed E-state index contributed by atoms with van der Waals surface area (Å²) in [6, 6.07) is 7.12. The minimum atomic E-state index is -3.92.